The molecule has 0 aromatic carbocycles. The first-order chi connectivity index (χ1) is 9.66. The molecule has 4 atom stereocenters. The van der Waals surface area contributed by atoms with Crippen LogP contribution in [0.2, 0.25) is 0 Å². The molecule has 0 N–H and O–H groups in total. The quantitative estimate of drug-likeness (QED) is 0.778. The summed E-state index contributed by atoms with van der Waals surface area (Å²) < 4.78 is 5.53. The molecule has 1 amide bonds. The Morgan fingerprint density at radius 1 is 1.25 bits per heavy atom. The number of carbonyl (C=O) groups is 2. The first-order valence-electron chi connectivity index (χ1n) is 8.11. The average molecular weight is 279 g/mol. The predicted octanol–water partition coefficient (Wildman–Crippen LogP) is 2.16. The zero-order valence-corrected chi connectivity index (χ0v) is 12.3. The highest BCUT2D eigenvalue weighted by atomic mass is 16.5. The SMILES string of the molecule is CC1CC(C(=O)N2CCCC2C2CCCCC2=O)CO1. The topological polar surface area (TPSA) is 46.6 Å². The van der Waals surface area contributed by atoms with Gasteiger partial charge in [0.25, 0.3) is 0 Å². The summed E-state index contributed by atoms with van der Waals surface area (Å²) in [4.78, 5) is 26.9. The number of Topliss-reactive ketones (excluding diaryl/α,β-unsaturated/α-hetero) is 1. The summed E-state index contributed by atoms with van der Waals surface area (Å²) in [6, 6.07) is 0.172. The van der Waals surface area contributed by atoms with Gasteiger partial charge < -0.3 is 9.64 Å². The van der Waals surface area contributed by atoms with Crippen LogP contribution in [-0.2, 0) is 14.3 Å². The summed E-state index contributed by atoms with van der Waals surface area (Å²) in [6.45, 7) is 3.42. The summed E-state index contributed by atoms with van der Waals surface area (Å²) in [6.07, 6.45) is 6.94. The number of likely N-dealkylation sites (tertiary alicyclic amines) is 1. The van der Waals surface area contributed by atoms with Crippen LogP contribution in [-0.4, -0.2) is 41.9 Å². The zero-order chi connectivity index (χ0) is 14.1. The Labute approximate surface area is 120 Å². The van der Waals surface area contributed by atoms with E-state index in [1.165, 1.54) is 0 Å². The van der Waals surface area contributed by atoms with E-state index in [-0.39, 0.29) is 29.9 Å². The molecule has 3 rings (SSSR count). The molecular weight excluding hydrogens is 254 g/mol. The molecular formula is C16H25NO3. The van der Waals surface area contributed by atoms with Gasteiger partial charge in [0.15, 0.2) is 0 Å². The van der Waals surface area contributed by atoms with Crippen molar-refractivity contribution in [3.8, 4) is 0 Å². The van der Waals surface area contributed by atoms with Crippen molar-refractivity contribution in [3.63, 3.8) is 0 Å². The van der Waals surface area contributed by atoms with Crippen molar-refractivity contribution in [1.29, 1.82) is 0 Å². The van der Waals surface area contributed by atoms with Gasteiger partial charge in [-0.2, -0.15) is 0 Å². The molecule has 2 aliphatic heterocycles. The number of hydrogen-bond donors (Lipinski definition) is 0. The van der Waals surface area contributed by atoms with Crippen LogP contribution in [0.1, 0.15) is 51.9 Å². The number of carbonyl (C=O) groups excluding carboxylic acids is 2. The van der Waals surface area contributed by atoms with Gasteiger partial charge in [-0.05, 0) is 39.0 Å². The van der Waals surface area contributed by atoms with E-state index >= 15 is 0 Å². The van der Waals surface area contributed by atoms with Crippen LogP contribution in [0.15, 0.2) is 0 Å². The van der Waals surface area contributed by atoms with Crippen LogP contribution < -0.4 is 0 Å². The number of nitrogens with zero attached hydrogens (tertiary/aromatic N) is 1. The number of ketones is 1. The summed E-state index contributed by atoms with van der Waals surface area (Å²) in [5.41, 5.74) is 0. The van der Waals surface area contributed by atoms with E-state index in [1.54, 1.807) is 0 Å². The van der Waals surface area contributed by atoms with Gasteiger partial charge in [0.2, 0.25) is 5.91 Å². The van der Waals surface area contributed by atoms with Crippen molar-refractivity contribution in [1.82, 2.24) is 4.90 Å². The minimum absolute atomic E-state index is 0.0179. The molecule has 0 aromatic heterocycles. The van der Waals surface area contributed by atoms with E-state index in [9.17, 15) is 9.59 Å². The Morgan fingerprint density at radius 2 is 2.10 bits per heavy atom. The van der Waals surface area contributed by atoms with Crippen LogP contribution >= 0.6 is 0 Å². The maximum Gasteiger partial charge on any atom is 0.228 e. The third-order valence-corrected chi connectivity index (χ3v) is 5.20. The molecule has 2 heterocycles. The van der Waals surface area contributed by atoms with E-state index in [2.05, 4.69) is 0 Å². The van der Waals surface area contributed by atoms with Crippen molar-refractivity contribution >= 4 is 11.7 Å². The summed E-state index contributed by atoms with van der Waals surface area (Å²) in [5, 5.41) is 0. The number of amides is 1. The highest BCUT2D eigenvalue weighted by Crippen LogP contribution is 2.34. The Hall–Kier alpha value is -0.900. The van der Waals surface area contributed by atoms with Gasteiger partial charge >= 0.3 is 0 Å². The lowest BCUT2D eigenvalue weighted by Crippen LogP contribution is -2.46. The smallest absolute Gasteiger partial charge is 0.228 e. The molecule has 0 radical (unpaired) electrons. The molecule has 112 valence electrons. The summed E-state index contributed by atoms with van der Waals surface area (Å²) in [7, 11) is 0. The van der Waals surface area contributed by atoms with Crippen molar-refractivity contribution in [2.24, 2.45) is 11.8 Å². The van der Waals surface area contributed by atoms with Gasteiger partial charge in [0.05, 0.1) is 18.6 Å². The Morgan fingerprint density at radius 3 is 2.80 bits per heavy atom. The lowest BCUT2D eigenvalue weighted by atomic mass is 9.81. The molecule has 0 spiro atoms. The average Bonchev–Trinajstić information content (AvgIpc) is 3.07. The fraction of sp³-hybridized carbons (Fsp3) is 0.875. The Kier molecular flexibility index (Phi) is 4.11. The molecule has 0 aromatic rings. The number of ether oxygens (including phenoxy) is 1. The van der Waals surface area contributed by atoms with Gasteiger partial charge in [0, 0.05) is 24.9 Å². The van der Waals surface area contributed by atoms with Crippen LogP contribution in [0.5, 0.6) is 0 Å². The van der Waals surface area contributed by atoms with Crippen molar-refractivity contribution in [2.45, 2.75) is 64.0 Å². The Balaban J connectivity index is 1.68. The molecule has 1 saturated carbocycles. The van der Waals surface area contributed by atoms with Crippen LogP contribution in [0, 0.1) is 11.8 Å². The third-order valence-electron chi connectivity index (χ3n) is 5.20. The lowest BCUT2D eigenvalue weighted by Gasteiger charge is -2.34. The fourth-order valence-electron chi connectivity index (χ4n) is 4.13. The maximum atomic E-state index is 12.7. The largest absolute Gasteiger partial charge is 0.378 e. The molecule has 4 unspecified atom stereocenters. The van der Waals surface area contributed by atoms with Gasteiger partial charge in [-0.15, -0.1) is 0 Å². The van der Waals surface area contributed by atoms with Gasteiger partial charge in [0.1, 0.15) is 5.78 Å². The minimum atomic E-state index is 0.0179. The van der Waals surface area contributed by atoms with E-state index in [0.717, 1.165) is 45.1 Å². The van der Waals surface area contributed by atoms with Gasteiger partial charge in [-0.1, -0.05) is 6.42 Å². The highest BCUT2D eigenvalue weighted by molar-refractivity contribution is 5.85. The van der Waals surface area contributed by atoms with Crippen molar-refractivity contribution in [3.05, 3.63) is 0 Å². The van der Waals surface area contributed by atoms with E-state index < -0.39 is 0 Å². The second kappa shape index (κ2) is 5.84. The van der Waals surface area contributed by atoms with E-state index in [4.69, 9.17) is 4.74 Å². The van der Waals surface area contributed by atoms with Gasteiger partial charge in [-0.25, -0.2) is 0 Å². The van der Waals surface area contributed by atoms with Crippen molar-refractivity contribution in [2.75, 3.05) is 13.2 Å². The maximum absolute atomic E-state index is 12.7. The third kappa shape index (κ3) is 2.62. The Bertz CT molecular complexity index is 395. The number of hydrogen-bond acceptors (Lipinski definition) is 3. The molecule has 4 heteroatoms. The molecule has 3 fully saturated rings. The zero-order valence-electron chi connectivity index (χ0n) is 12.3. The first-order valence-corrected chi connectivity index (χ1v) is 8.11. The molecule has 20 heavy (non-hydrogen) atoms. The molecule has 4 nitrogen and oxygen atoms in total. The highest BCUT2D eigenvalue weighted by Gasteiger charge is 2.41. The van der Waals surface area contributed by atoms with Crippen molar-refractivity contribution < 1.29 is 14.3 Å². The monoisotopic (exact) mass is 279 g/mol. The summed E-state index contributed by atoms with van der Waals surface area (Å²) in [5.74, 6) is 0.742. The molecule has 1 aliphatic carbocycles. The van der Waals surface area contributed by atoms with Crippen LogP contribution in [0.4, 0.5) is 0 Å². The molecule has 0 bridgehead atoms. The first kappa shape index (κ1) is 14.1. The summed E-state index contributed by atoms with van der Waals surface area (Å²) >= 11 is 0. The normalized spacial score (nSPS) is 38.5. The fourth-order valence-corrected chi connectivity index (χ4v) is 4.13. The molecule has 3 aliphatic rings. The predicted molar refractivity (Wildman–Crippen MR) is 75.2 cm³/mol. The van der Waals surface area contributed by atoms with Crippen LogP contribution in [0.3, 0.4) is 0 Å². The van der Waals surface area contributed by atoms with Crippen LogP contribution in [0.25, 0.3) is 0 Å². The second-order valence-electron chi connectivity index (χ2n) is 6.64. The van der Waals surface area contributed by atoms with Gasteiger partial charge in [-0.3, -0.25) is 9.59 Å². The number of rotatable bonds is 2. The van der Waals surface area contributed by atoms with E-state index in [1.807, 2.05) is 11.8 Å². The standard InChI is InChI=1S/C16H25NO3/c1-11-9-12(10-20-11)16(19)17-8-4-6-14(17)13-5-2-3-7-15(13)18/h11-14H,2-10H2,1H3. The minimum Gasteiger partial charge on any atom is -0.378 e. The molecule has 2 saturated heterocycles. The van der Waals surface area contributed by atoms with E-state index in [0.29, 0.717) is 18.8 Å². The second-order valence-corrected chi connectivity index (χ2v) is 6.64. The lowest BCUT2D eigenvalue weighted by molar-refractivity contribution is -0.139.